The molecule has 2 heterocycles. The average molecular weight is 224 g/mol. The smallest absolute Gasteiger partial charge is 0.195 e. The van der Waals surface area contributed by atoms with Gasteiger partial charge < -0.3 is 9.15 Å². The van der Waals surface area contributed by atoms with Crippen LogP contribution in [0.4, 0.5) is 0 Å². The molecule has 0 aliphatic heterocycles. The van der Waals surface area contributed by atoms with Crippen LogP contribution in [0.25, 0.3) is 22.1 Å². The van der Waals surface area contributed by atoms with Gasteiger partial charge in [0.15, 0.2) is 11.3 Å². The Bertz CT molecular complexity index is 753. The van der Waals surface area contributed by atoms with E-state index in [1.165, 1.54) is 0 Å². The molecule has 17 heavy (non-hydrogen) atoms. The largest absolute Gasteiger partial charge is 0.493 e. The number of aromatic nitrogens is 1. The summed E-state index contributed by atoms with van der Waals surface area (Å²) in [4.78, 5) is 4.26. The van der Waals surface area contributed by atoms with Crippen LogP contribution in [0.3, 0.4) is 0 Å². The number of fused-ring (bicyclic) bond motifs is 3. The van der Waals surface area contributed by atoms with Gasteiger partial charge in [-0.2, -0.15) is 5.26 Å². The molecule has 0 bridgehead atoms. The SMILES string of the molecule is COc1cc(C#N)nc2c1oc1ccccc12. The summed E-state index contributed by atoms with van der Waals surface area (Å²) < 4.78 is 10.9. The zero-order valence-corrected chi connectivity index (χ0v) is 9.10. The highest BCUT2D eigenvalue weighted by atomic mass is 16.5. The summed E-state index contributed by atoms with van der Waals surface area (Å²) in [5.74, 6) is 0.530. The van der Waals surface area contributed by atoms with Crippen molar-refractivity contribution >= 4 is 22.1 Å². The van der Waals surface area contributed by atoms with Gasteiger partial charge in [-0.3, -0.25) is 0 Å². The van der Waals surface area contributed by atoms with Crippen LogP contribution in [-0.4, -0.2) is 12.1 Å². The molecule has 4 heteroatoms. The van der Waals surface area contributed by atoms with E-state index in [1.807, 2.05) is 30.3 Å². The third-order valence-electron chi connectivity index (χ3n) is 2.63. The number of hydrogen-bond donors (Lipinski definition) is 0. The van der Waals surface area contributed by atoms with Crippen LogP contribution < -0.4 is 4.74 Å². The fourth-order valence-corrected chi connectivity index (χ4v) is 1.86. The van der Waals surface area contributed by atoms with Crippen LogP contribution in [-0.2, 0) is 0 Å². The molecule has 0 saturated heterocycles. The number of hydrogen-bond acceptors (Lipinski definition) is 4. The van der Waals surface area contributed by atoms with E-state index in [0.717, 1.165) is 11.0 Å². The number of benzene rings is 1. The highest BCUT2D eigenvalue weighted by molar-refractivity contribution is 6.04. The number of rotatable bonds is 1. The Labute approximate surface area is 97.0 Å². The Kier molecular flexibility index (Phi) is 1.99. The van der Waals surface area contributed by atoms with Crippen molar-refractivity contribution in [1.29, 1.82) is 5.26 Å². The van der Waals surface area contributed by atoms with Crippen molar-refractivity contribution in [1.82, 2.24) is 4.98 Å². The quantitative estimate of drug-likeness (QED) is 0.637. The van der Waals surface area contributed by atoms with Gasteiger partial charge >= 0.3 is 0 Å². The van der Waals surface area contributed by atoms with Crippen molar-refractivity contribution in [3.8, 4) is 11.8 Å². The van der Waals surface area contributed by atoms with Crippen molar-refractivity contribution in [2.24, 2.45) is 0 Å². The van der Waals surface area contributed by atoms with Crippen molar-refractivity contribution in [3.05, 3.63) is 36.0 Å². The first kappa shape index (κ1) is 9.67. The Balaban J connectivity index is 2.53. The van der Waals surface area contributed by atoms with Crippen molar-refractivity contribution in [3.63, 3.8) is 0 Å². The molecule has 0 amide bonds. The van der Waals surface area contributed by atoms with Crippen molar-refractivity contribution in [2.75, 3.05) is 7.11 Å². The predicted molar refractivity (Wildman–Crippen MR) is 62.8 cm³/mol. The second-order valence-electron chi connectivity index (χ2n) is 3.60. The highest BCUT2D eigenvalue weighted by Gasteiger charge is 2.14. The Morgan fingerprint density at radius 1 is 1.35 bits per heavy atom. The van der Waals surface area contributed by atoms with Crippen LogP contribution in [0.1, 0.15) is 5.69 Å². The summed E-state index contributed by atoms with van der Waals surface area (Å²) in [6, 6.07) is 11.2. The topological polar surface area (TPSA) is 59.0 Å². The van der Waals surface area contributed by atoms with Crippen LogP contribution in [0, 0.1) is 11.3 Å². The first-order chi connectivity index (χ1) is 8.33. The van der Waals surface area contributed by atoms with Gasteiger partial charge in [0.2, 0.25) is 0 Å². The molecule has 2 aromatic heterocycles. The van der Waals surface area contributed by atoms with Crippen molar-refractivity contribution in [2.45, 2.75) is 0 Å². The molecule has 0 aliphatic carbocycles. The Hall–Kier alpha value is -2.54. The molecule has 0 saturated carbocycles. The average Bonchev–Trinajstić information content (AvgIpc) is 2.76. The molecule has 1 aromatic carbocycles. The molecule has 0 spiro atoms. The molecule has 0 unspecified atom stereocenters. The standard InChI is InChI=1S/C13H8N2O2/c1-16-11-6-8(7-14)15-12-9-4-2-3-5-10(9)17-13(11)12/h2-6H,1H3. The minimum atomic E-state index is 0.320. The van der Waals surface area contributed by atoms with Gasteiger partial charge in [-0.1, -0.05) is 12.1 Å². The molecule has 3 rings (SSSR count). The molecule has 4 nitrogen and oxygen atoms in total. The molecule has 3 aromatic rings. The van der Waals surface area contributed by atoms with Crippen LogP contribution in [0.15, 0.2) is 34.7 Å². The first-order valence-electron chi connectivity index (χ1n) is 5.10. The summed E-state index contributed by atoms with van der Waals surface area (Å²) in [6.07, 6.45) is 0. The third kappa shape index (κ3) is 1.33. The normalized spacial score (nSPS) is 10.6. The summed E-state index contributed by atoms with van der Waals surface area (Å²) in [7, 11) is 1.54. The number of ether oxygens (including phenoxy) is 1. The monoisotopic (exact) mass is 224 g/mol. The van der Waals surface area contributed by atoms with Gasteiger partial charge in [0, 0.05) is 11.5 Å². The molecular weight excluding hydrogens is 216 g/mol. The summed E-state index contributed by atoms with van der Waals surface area (Å²) in [5.41, 5.74) is 2.30. The Morgan fingerprint density at radius 3 is 2.94 bits per heavy atom. The molecule has 0 radical (unpaired) electrons. The van der Waals surface area contributed by atoms with E-state index < -0.39 is 0 Å². The molecule has 0 N–H and O–H groups in total. The third-order valence-corrected chi connectivity index (χ3v) is 2.63. The minimum Gasteiger partial charge on any atom is -0.493 e. The fraction of sp³-hybridized carbons (Fsp3) is 0.0769. The zero-order valence-electron chi connectivity index (χ0n) is 9.10. The lowest BCUT2D eigenvalue weighted by atomic mass is 10.2. The maximum Gasteiger partial charge on any atom is 0.195 e. The van der Waals surface area contributed by atoms with Gasteiger partial charge in [-0.15, -0.1) is 0 Å². The van der Waals surface area contributed by atoms with Gasteiger partial charge in [-0.25, -0.2) is 4.98 Å². The lowest BCUT2D eigenvalue weighted by Crippen LogP contribution is -1.88. The second kappa shape index (κ2) is 3.49. The zero-order chi connectivity index (χ0) is 11.8. The number of nitrogens with zero attached hydrogens (tertiary/aromatic N) is 2. The highest BCUT2D eigenvalue weighted by Crippen LogP contribution is 2.33. The van der Waals surface area contributed by atoms with E-state index in [2.05, 4.69) is 4.98 Å². The Morgan fingerprint density at radius 2 is 2.18 bits per heavy atom. The van der Waals surface area contributed by atoms with Crippen molar-refractivity contribution < 1.29 is 9.15 Å². The van der Waals surface area contributed by atoms with E-state index in [9.17, 15) is 0 Å². The number of furan rings is 1. The molecule has 0 aliphatic rings. The number of nitriles is 1. The van der Waals surface area contributed by atoms with E-state index in [-0.39, 0.29) is 0 Å². The van der Waals surface area contributed by atoms with Gasteiger partial charge in [0.25, 0.3) is 0 Å². The van der Waals surface area contributed by atoms with Gasteiger partial charge in [0.1, 0.15) is 22.9 Å². The lowest BCUT2D eigenvalue weighted by molar-refractivity contribution is 0.411. The molecular formula is C13H8N2O2. The van der Waals surface area contributed by atoms with E-state index in [4.69, 9.17) is 14.4 Å². The molecule has 0 atom stereocenters. The maximum absolute atomic E-state index is 8.93. The fourth-order valence-electron chi connectivity index (χ4n) is 1.86. The number of methoxy groups -OCH3 is 1. The number of pyridine rings is 1. The van der Waals surface area contributed by atoms with Gasteiger partial charge in [-0.05, 0) is 12.1 Å². The van der Waals surface area contributed by atoms with E-state index in [0.29, 0.717) is 22.5 Å². The predicted octanol–water partition coefficient (Wildman–Crippen LogP) is 2.86. The van der Waals surface area contributed by atoms with Crippen LogP contribution in [0.5, 0.6) is 5.75 Å². The van der Waals surface area contributed by atoms with E-state index in [1.54, 1.807) is 13.2 Å². The first-order valence-corrected chi connectivity index (χ1v) is 5.10. The summed E-state index contributed by atoms with van der Waals surface area (Å²) in [6.45, 7) is 0. The summed E-state index contributed by atoms with van der Waals surface area (Å²) >= 11 is 0. The summed E-state index contributed by atoms with van der Waals surface area (Å²) in [5, 5.41) is 9.81. The van der Waals surface area contributed by atoms with Crippen LogP contribution >= 0.6 is 0 Å². The maximum atomic E-state index is 8.93. The lowest BCUT2D eigenvalue weighted by Gasteiger charge is -1.99. The van der Waals surface area contributed by atoms with Crippen LogP contribution in [0.2, 0.25) is 0 Å². The van der Waals surface area contributed by atoms with E-state index >= 15 is 0 Å². The molecule has 0 fully saturated rings. The minimum absolute atomic E-state index is 0.320. The van der Waals surface area contributed by atoms with Gasteiger partial charge in [0.05, 0.1) is 7.11 Å². The number of para-hydroxylation sites is 1. The second-order valence-corrected chi connectivity index (χ2v) is 3.60. The molecule has 82 valence electrons.